The van der Waals surface area contributed by atoms with Crippen LogP contribution in [0.15, 0.2) is 37.0 Å². The Kier molecular flexibility index (Phi) is 8.86. The average Bonchev–Trinajstić information content (AvgIpc) is 2.21. The van der Waals surface area contributed by atoms with E-state index in [-0.39, 0.29) is 5.97 Å². The molecule has 0 aromatic heterocycles. The molecule has 0 radical (unpaired) electrons. The average molecular weight is 194 g/mol. The lowest BCUT2D eigenvalue weighted by Gasteiger charge is -1.92. The van der Waals surface area contributed by atoms with Gasteiger partial charge in [-0.1, -0.05) is 30.9 Å². The number of carbonyl (C=O) groups excluding carboxylic acids is 1. The summed E-state index contributed by atoms with van der Waals surface area (Å²) in [5.74, 6) is -0.281. The molecule has 0 aromatic rings. The molecule has 78 valence electrons. The highest BCUT2D eigenvalue weighted by atomic mass is 16.5. The molecule has 2 heteroatoms. The molecule has 0 heterocycles. The van der Waals surface area contributed by atoms with Crippen molar-refractivity contribution in [1.29, 1.82) is 0 Å². The van der Waals surface area contributed by atoms with Crippen molar-refractivity contribution >= 4 is 5.97 Å². The van der Waals surface area contributed by atoms with Gasteiger partial charge in [-0.05, 0) is 25.7 Å². The Labute approximate surface area is 86.0 Å². The van der Waals surface area contributed by atoms with Gasteiger partial charge in [-0.15, -0.1) is 0 Å². The highest BCUT2D eigenvalue weighted by Crippen LogP contribution is 2.01. The summed E-state index contributed by atoms with van der Waals surface area (Å²) in [5.41, 5.74) is 0. The number of allylic oxidation sites excluding steroid dienone is 4. The third-order valence-corrected chi connectivity index (χ3v) is 1.72. The zero-order valence-corrected chi connectivity index (χ0v) is 8.74. The van der Waals surface area contributed by atoms with Crippen molar-refractivity contribution in [3.05, 3.63) is 37.0 Å². The van der Waals surface area contributed by atoms with Gasteiger partial charge in [-0.3, -0.25) is 0 Å². The zero-order chi connectivity index (χ0) is 10.6. The monoisotopic (exact) mass is 194 g/mol. The number of methoxy groups -OCH3 is 1. The summed E-state index contributed by atoms with van der Waals surface area (Å²) in [5, 5.41) is 0. The van der Waals surface area contributed by atoms with Crippen LogP contribution >= 0.6 is 0 Å². The fourth-order valence-electron chi connectivity index (χ4n) is 0.964. The molecule has 0 aliphatic rings. The molecule has 0 saturated heterocycles. The van der Waals surface area contributed by atoms with E-state index in [1.54, 1.807) is 6.08 Å². The first-order valence-corrected chi connectivity index (χ1v) is 4.83. The summed E-state index contributed by atoms with van der Waals surface area (Å²) < 4.78 is 4.46. The van der Waals surface area contributed by atoms with Crippen LogP contribution in [-0.4, -0.2) is 13.1 Å². The molecule has 0 spiro atoms. The van der Waals surface area contributed by atoms with Crippen LogP contribution in [0.4, 0.5) is 0 Å². The van der Waals surface area contributed by atoms with Crippen LogP contribution in [0.2, 0.25) is 0 Å². The van der Waals surface area contributed by atoms with E-state index in [0.717, 1.165) is 25.7 Å². The number of rotatable bonds is 7. The maximum atomic E-state index is 10.7. The fourth-order valence-corrected chi connectivity index (χ4v) is 0.964. The van der Waals surface area contributed by atoms with Crippen molar-refractivity contribution in [2.45, 2.75) is 25.7 Å². The number of ether oxygens (including phenoxy) is 1. The van der Waals surface area contributed by atoms with Crippen LogP contribution < -0.4 is 0 Å². The van der Waals surface area contributed by atoms with Gasteiger partial charge < -0.3 is 4.74 Å². The van der Waals surface area contributed by atoms with Gasteiger partial charge in [0.05, 0.1) is 7.11 Å². The molecule has 0 aliphatic heterocycles. The van der Waals surface area contributed by atoms with Gasteiger partial charge in [-0.25, -0.2) is 4.79 Å². The first kappa shape index (κ1) is 12.7. The normalized spacial score (nSPS) is 10.9. The Morgan fingerprint density at radius 2 is 1.93 bits per heavy atom. The summed E-state index contributed by atoms with van der Waals surface area (Å²) in [6.07, 6.45) is 13.4. The maximum absolute atomic E-state index is 10.7. The largest absolute Gasteiger partial charge is 0.466 e. The second-order valence-electron chi connectivity index (χ2n) is 2.87. The van der Waals surface area contributed by atoms with Crippen LogP contribution in [0.5, 0.6) is 0 Å². The standard InChI is InChI=1S/C12H18O2/c1-3-4-5-6-7-8-9-10-11-12(13)14-2/h3-5,10-11H,1,6-9H2,2H3/b5-4+,11-10+. The molecular weight excluding hydrogens is 176 g/mol. The predicted octanol–water partition coefficient (Wildman–Crippen LogP) is 3.02. The minimum absolute atomic E-state index is 0.281. The van der Waals surface area contributed by atoms with Gasteiger partial charge in [-0.2, -0.15) is 0 Å². The van der Waals surface area contributed by atoms with Gasteiger partial charge in [0.25, 0.3) is 0 Å². The molecule has 0 fully saturated rings. The number of hydrogen-bond acceptors (Lipinski definition) is 2. The third kappa shape index (κ3) is 8.78. The van der Waals surface area contributed by atoms with Crippen LogP contribution in [0.1, 0.15) is 25.7 Å². The Hall–Kier alpha value is -1.31. The van der Waals surface area contributed by atoms with Gasteiger partial charge in [0.1, 0.15) is 0 Å². The zero-order valence-electron chi connectivity index (χ0n) is 8.74. The smallest absolute Gasteiger partial charge is 0.330 e. The molecule has 0 amide bonds. The van der Waals surface area contributed by atoms with E-state index in [9.17, 15) is 4.79 Å². The van der Waals surface area contributed by atoms with Gasteiger partial charge in [0.15, 0.2) is 0 Å². The summed E-state index contributed by atoms with van der Waals surface area (Å²) in [6.45, 7) is 3.59. The van der Waals surface area contributed by atoms with Crippen molar-refractivity contribution in [2.24, 2.45) is 0 Å². The van der Waals surface area contributed by atoms with Crippen molar-refractivity contribution in [2.75, 3.05) is 7.11 Å². The maximum Gasteiger partial charge on any atom is 0.330 e. The molecule has 0 aromatic carbocycles. The number of carbonyl (C=O) groups is 1. The van der Waals surface area contributed by atoms with Gasteiger partial charge >= 0.3 is 5.97 Å². The number of hydrogen-bond donors (Lipinski definition) is 0. The lowest BCUT2D eigenvalue weighted by Crippen LogP contribution is -1.93. The fraction of sp³-hybridized carbons (Fsp3) is 0.417. The summed E-state index contributed by atoms with van der Waals surface area (Å²) in [7, 11) is 1.38. The predicted molar refractivity (Wildman–Crippen MR) is 59.0 cm³/mol. The Bertz CT molecular complexity index is 214. The lowest BCUT2D eigenvalue weighted by molar-refractivity contribution is -0.134. The van der Waals surface area contributed by atoms with E-state index in [4.69, 9.17) is 0 Å². The molecule has 0 N–H and O–H groups in total. The van der Waals surface area contributed by atoms with Gasteiger partial charge in [0, 0.05) is 6.08 Å². The van der Waals surface area contributed by atoms with Crippen LogP contribution in [0.25, 0.3) is 0 Å². The van der Waals surface area contributed by atoms with E-state index in [0.29, 0.717) is 0 Å². The van der Waals surface area contributed by atoms with E-state index >= 15 is 0 Å². The van der Waals surface area contributed by atoms with Crippen molar-refractivity contribution in [3.8, 4) is 0 Å². The Balaban J connectivity index is 3.29. The van der Waals surface area contributed by atoms with E-state index in [1.807, 2.05) is 12.2 Å². The van der Waals surface area contributed by atoms with Crippen molar-refractivity contribution in [3.63, 3.8) is 0 Å². The van der Waals surface area contributed by atoms with E-state index < -0.39 is 0 Å². The minimum Gasteiger partial charge on any atom is -0.466 e. The molecule has 0 rings (SSSR count). The SMILES string of the molecule is C=C/C=C/CCCC/C=C/C(=O)OC. The molecule has 0 unspecified atom stereocenters. The van der Waals surface area contributed by atoms with Gasteiger partial charge in [0.2, 0.25) is 0 Å². The quantitative estimate of drug-likeness (QED) is 0.269. The van der Waals surface area contributed by atoms with E-state index in [2.05, 4.69) is 17.4 Å². The molecule has 0 saturated carbocycles. The Morgan fingerprint density at radius 1 is 1.29 bits per heavy atom. The number of unbranched alkanes of at least 4 members (excludes halogenated alkanes) is 3. The molecule has 0 atom stereocenters. The first-order valence-electron chi connectivity index (χ1n) is 4.83. The van der Waals surface area contributed by atoms with Crippen molar-refractivity contribution < 1.29 is 9.53 Å². The molecule has 2 nitrogen and oxygen atoms in total. The van der Waals surface area contributed by atoms with E-state index in [1.165, 1.54) is 13.2 Å². The highest BCUT2D eigenvalue weighted by molar-refractivity contribution is 5.81. The second-order valence-corrected chi connectivity index (χ2v) is 2.87. The molecule has 14 heavy (non-hydrogen) atoms. The minimum atomic E-state index is -0.281. The van der Waals surface area contributed by atoms with Crippen LogP contribution in [-0.2, 0) is 9.53 Å². The van der Waals surface area contributed by atoms with Crippen LogP contribution in [0.3, 0.4) is 0 Å². The highest BCUT2D eigenvalue weighted by Gasteiger charge is 1.89. The molecular formula is C12H18O2. The first-order chi connectivity index (χ1) is 6.81. The topological polar surface area (TPSA) is 26.3 Å². The summed E-state index contributed by atoms with van der Waals surface area (Å²) in [6, 6.07) is 0. The summed E-state index contributed by atoms with van der Waals surface area (Å²) in [4.78, 5) is 10.7. The Morgan fingerprint density at radius 3 is 2.50 bits per heavy atom. The second kappa shape index (κ2) is 9.78. The number of esters is 1. The molecule has 0 aliphatic carbocycles. The lowest BCUT2D eigenvalue weighted by atomic mass is 10.2. The van der Waals surface area contributed by atoms with Crippen LogP contribution in [0, 0.1) is 0 Å². The molecule has 0 bridgehead atoms. The third-order valence-electron chi connectivity index (χ3n) is 1.72. The summed E-state index contributed by atoms with van der Waals surface area (Å²) >= 11 is 0. The van der Waals surface area contributed by atoms with Crippen molar-refractivity contribution in [1.82, 2.24) is 0 Å².